The van der Waals surface area contributed by atoms with Gasteiger partial charge in [-0.1, -0.05) is 30.3 Å². The Kier molecular flexibility index (Phi) is 4.16. The summed E-state index contributed by atoms with van der Waals surface area (Å²) < 4.78 is 0. The second kappa shape index (κ2) is 5.84. The van der Waals surface area contributed by atoms with Gasteiger partial charge in [-0.25, -0.2) is 0 Å². The third kappa shape index (κ3) is 3.32. The van der Waals surface area contributed by atoms with Crippen LogP contribution in [-0.2, 0) is 9.59 Å². The van der Waals surface area contributed by atoms with Crippen molar-refractivity contribution >= 4 is 11.8 Å². The number of amides is 2. The Morgan fingerprint density at radius 2 is 2.00 bits per heavy atom. The molecule has 0 aliphatic carbocycles. The number of primary amides is 1. The van der Waals surface area contributed by atoms with Crippen LogP contribution in [0.2, 0.25) is 0 Å². The molecule has 5 nitrogen and oxygen atoms in total. The van der Waals surface area contributed by atoms with E-state index in [1.165, 1.54) is 0 Å². The molecule has 102 valence electrons. The highest BCUT2D eigenvalue weighted by Crippen LogP contribution is 2.20. The molecule has 2 unspecified atom stereocenters. The van der Waals surface area contributed by atoms with Crippen LogP contribution in [0, 0.1) is 5.92 Å². The minimum atomic E-state index is -0.331. The van der Waals surface area contributed by atoms with E-state index in [2.05, 4.69) is 0 Å². The number of benzene rings is 1. The van der Waals surface area contributed by atoms with Crippen LogP contribution in [0.15, 0.2) is 30.3 Å². The van der Waals surface area contributed by atoms with E-state index in [0.29, 0.717) is 19.5 Å². The van der Waals surface area contributed by atoms with E-state index in [1.54, 1.807) is 4.90 Å². The van der Waals surface area contributed by atoms with Crippen LogP contribution in [0.1, 0.15) is 24.4 Å². The predicted octanol–water partition coefficient (Wildman–Crippen LogP) is 0.410. The smallest absolute Gasteiger partial charge is 0.224 e. The van der Waals surface area contributed by atoms with Crippen molar-refractivity contribution in [1.82, 2.24) is 4.90 Å². The molecule has 1 aliphatic rings. The summed E-state index contributed by atoms with van der Waals surface area (Å²) in [5.74, 6) is -0.556. The van der Waals surface area contributed by atoms with Crippen molar-refractivity contribution in [2.45, 2.75) is 18.9 Å². The van der Waals surface area contributed by atoms with Gasteiger partial charge in [-0.2, -0.15) is 0 Å². The molecule has 0 bridgehead atoms. The van der Waals surface area contributed by atoms with E-state index in [9.17, 15) is 9.59 Å². The summed E-state index contributed by atoms with van der Waals surface area (Å²) in [7, 11) is 0. The zero-order valence-electron chi connectivity index (χ0n) is 10.8. The van der Waals surface area contributed by atoms with Crippen molar-refractivity contribution in [2.75, 3.05) is 13.1 Å². The minimum Gasteiger partial charge on any atom is -0.369 e. The summed E-state index contributed by atoms with van der Waals surface area (Å²) >= 11 is 0. The second-order valence-corrected chi connectivity index (χ2v) is 4.95. The minimum absolute atomic E-state index is 0.0138. The van der Waals surface area contributed by atoms with Crippen LogP contribution in [0.3, 0.4) is 0 Å². The maximum Gasteiger partial charge on any atom is 0.224 e. The zero-order valence-corrected chi connectivity index (χ0v) is 10.8. The first-order valence-electron chi connectivity index (χ1n) is 6.45. The third-order valence-electron chi connectivity index (χ3n) is 3.57. The molecule has 0 radical (unpaired) electrons. The molecule has 1 fully saturated rings. The molecule has 1 aromatic rings. The van der Waals surface area contributed by atoms with Crippen molar-refractivity contribution < 1.29 is 9.59 Å². The van der Waals surface area contributed by atoms with E-state index in [-0.39, 0.29) is 30.2 Å². The summed E-state index contributed by atoms with van der Waals surface area (Å²) in [5, 5.41) is 0. The molecular formula is C14H19N3O2. The highest BCUT2D eigenvalue weighted by Gasteiger charge is 2.30. The van der Waals surface area contributed by atoms with Crippen molar-refractivity contribution in [2.24, 2.45) is 17.4 Å². The van der Waals surface area contributed by atoms with Crippen LogP contribution in [-0.4, -0.2) is 29.8 Å². The Morgan fingerprint density at radius 1 is 1.32 bits per heavy atom. The van der Waals surface area contributed by atoms with Crippen LogP contribution >= 0.6 is 0 Å². The third-order valence-corrected chi connectivity index (χ3v) is 3.57. The largest absolute Gasteiger partial charge is 0.369 e. The van der Waals surface area contributed by atoms with E-state index < -0.39 is 0 Å². The summed E-state index contributed by atoms with van der Waals surface area (Å²) in [5.41, 5.74) is 12.2. The fourth-order valence-corrected chi connectivity index (χ4v) is 2.35. The number of carbonyl (C=O) groups is 2. The lowest BCUT2D eigenvalue weighted by molar-refractivity contribution is -0.130. The lowest BCUT2D eigenvalue weighted by atomic mass is 10.0. The summed E-state index contributed by atoms with van der Waals surface area (Å²) in [6.45, 7) is 1.02. The second-order valence-electron chi connectivity index (χ2n) is 4.95. The average molecular weight is 261 g/mol. The van der Waals surface area contributed by atoms with Crippen molar-refractivity contribution in [3.05, 3.63) is 35.9 Å². The first-order chi connectivity index (χ1) is 9.08. The molecule has 19 heavy (non-hydrogen) atoms. The van der Waals surface area contributed by atoms with Gasteiger partial charge in [0.05, 0.1) is 5.92 Å². The van der Waals surface area contributed by atoms with Crippen LogP contribution < -0.4 is 11.5 Å². The lowest BCUT2D eigenvalue weighted by Crippen LogP contribution is -2.33. The molecule has 2 amide bonds. The number of carbonyl (C=O) groups excluding carboxylic acids is 2. The lowest BCUT2D eigenvalue weighted by Gasteiger charge is -2.19. The Morgan fingerprint density at radius 3 is 2.58 bits per heavy atom. The molecule has 1 aliphatic heterocycles. The monoisotopic (exact) mass is 261 g/mol. The van der Waals surface area contributed by atoms with Crippen LogP contribution in [0.5, 0.6) is 0 Å². The molecule has 1 heterocycles. The van der Waals surface area contributed by atoms with E-state index >= 15 is 0 Å². The number of nitrogens with zero attached hydrogens (tertiary/aromatic N) is 1. The van der Waals surface area contributed by atoms with E-state index in [0.717, 1.165) is 5.56 Å². The van der Waals surface area contributed by atoms with E-state index in [1.807, 2.05) is 30.3 Å². The quantitative estimate of drug-likeness (QED) is 0.822. The molecule has 1 saturated heterocycles. The van der Waals surface area contributed by atoms with Gasteiger partial charge in [0.2, 0.25) is 11.8 Å². The summed E-state index contributed by atoms with van der Waals surface area (Å²) in [4.78, 5) is 24.8. The van der Waals surface area contributed by atoms with Gasteiger partial charge in [0, 0.05) is 25.6 Å². The van der Waals surface area contributed by atoms with Gasteiger partial charge in [0.25, 0.3) is 0 Å². The van der Waals surface area contributed by atoms with Gasteiger partial charge in [-0.15, -0.1) is 0 Å². The molecule has 1 aromatic carbocycles. The Labute approximate surface area is 112 Å². The molecule has 4 N–H and O–H groups in total. The Hall–Kier alpha value is -1.88. The van der Waals surface area contributed by atoms with Gasteiger partial charge in [0.15, 0.2) is 0 Å². The van der Waals surface area contributed by atoms with Crippen molar-refractivity contribution in [3.63, 3.8) is 0 Å². The molecule has 0 saturated carbocycles. The first kappa shape index (κ1) is 13.5. The number of hydrogen-bond acceptors (Lipinski definition) is 3. The molecule has 0 aromatic heterocycles. The summed E-state index contributed by atoms with van der Waals surface area (Å²) in [6.07, 6.45) is 0.914. The van der Waals surface area contributed by atoms with E-state index in [4.69, 9.17) is 11.5 Å². The van der Waals surface area contributed by atoms with Gasteiger partial charge >= 0.3 is 0 Å². The SMILES string of the molecule is NC(=O)C1CCN(C(=O)CC(N)c2ccccc2)C1. The Balaban J connectivity index is 1.90. The standard InChI is InChI=1S/C14H19N3O2/c15-12(10-4-2-1-3-5-10)8-13(18)17-7-6-11(9-17)14(16)19/h1-5,11-12H,6-9,15H2,(H2,16,19). The van der Waals surface area contributed by atoms with Gasteiger partial charge in [-0.05, 0) is 12.0 Å². The van der Waals surface area contributed by atoms with Crippen molar-refractivity contribution in [3.8, 4) is 0 Å². The molecule has 2 rings (SSSR count). The fourth-order valence-electron chi connectivity index (χ4n) is 2.35. The molecule has 2 atom stereocenters. The maximum atomic E-state index is 12.1. The fraction of sp³-hybridized carbons (Fsp3) is 0.429. The van der Waals surface area contributed by atoms with Gasteiger partial charge < -0.3 is 16.4 Å². The first-order valence-corrected chi connectivity index (χ1v) is 6.45. The molecule has 0 spiro atoms. The normalized spacial score (nSPS) is 20.3. The number of hydrogen-bond donors (Lipinski definition) is 2. The summed E-state index contributed by atoms with van der Waals surface area (Å²) in [6, 6.07) is 9.23. The van der Waals surface area contributed by atoms with Crippen molar-refractivity contribution in [1.29, 1.82) is 0 Å². The van der Waals surface area contributed by atoms with Crippen LogP contribution in [0.25, 0.3) is 0 Å². The molecular weight excluding hydrogens is 242 g/mol. The topological polar surface area (TPSA) is 89.4 Å². The average Bonchev–Trinajstić information content (AvgIpc) is 2.89. The molecule has 5 heteroatoms. The number of rotatable bonds is 4. The highest BCUT2D eigenvalue weighted by molar-refractivity contribution is 5.81. The number of likely N-dealkylation sites (tertiary alicyclic amines) is 1. The van der Waals surface area contributed by atoms with Gasteiger partial charge in [0.1, 0.15) is 0 Å². The van der Waals surface area contributed by atoms with Gasteiger partial charge in [-0.3, -0.25) is 9.59 Å². The zero-order chi connectivity index (χ0) is 13.8. The van der Waals surface area contributed by atoms with Crippen LogP contribution in [0.4, 0.5) is 0 Å². The maximum absolute atomic E-state index is 12.1. The predicted molar refractivity (Wildman–Crippen MR) is 71.9 cm³/mol. The highest BCUT2D eigenvalue weighted by atomic mass is 16.2. The number of nitrogens with two attached hydrogens (primary N) is 2. The Bertz CT molecular complexity index is 461.